The molecule has 1 heterocycles. The number of anilines is 1. The first-order valence-corrected chi connectivity index (χ1v) is 7.21. The Labute approximate surface area is 140 Å². The molecule has 6 nitrogen and oxygen atoms in total. The Bertz CT molecular complexity index is 962. The molecule has 0 spiro atoms. The van der Waals surface area contributed by atoms with Crippen LogP contribution in [0.25, 0.3) is 11.1 Å². The first-order chi connectivity index (χ1) is 11.0. The maximum Gasteiger partial charge on any atom is 0.417 e. The van der Waals surface area contributed by atoms with Gasteiger partial charge in [0.25, 0.3) is 5.91 Å². The first kappa shape index (κ1) is 15.5. The number of oxazole rings is 1. The third kappa shape index (κ3) is 2.91. The van der Waals surface area contributed by atoms with Gasteiger partial charge in [0, 0.05) is 11.8 Å². The van der Waals surface area contributed by atoms with Crippen LogP contribution in [-0.2, 0) is 0 Å². The van der Waals surface area contributed by atoms with Gasteiger partial charge in [0.2, 0.25) is 0 Å². The van der Waals surface area contributed by atoms with E-state index in [0.29, 0.717) is 16.8 Å². The van der Waals surface area contributed by atoms with E-state index >= 15 is 0 Å². The molecular weight excluding hydrogens is 343 g/mol. The second-order valence-corrected chi connectivity index (χ2v) is 5.43. The first-order valence-electron chi connectivity index (χ1n) is 6.46. The number of hydrogen-bond acceptors (Lipinski definition) is 4. The highest BCUT2D eigenvalue weighted by Gasteiger charge is 2.19. The number of halogens is 2. The van der Waals surface area contributed by atoms with E-state index in [1.54, 1.807) is 18.2 Å². The summed E-state index contributed by atoms with van der Waals surface area (Å²) in [5.41, 5.74) is 1.42. The van der Waals surface area contributed by atoms with Gasteiger partial charge in [0.1, 0.15) is 5.56 Å². The summed E-state index contributed by atoms with van der Waals surface area (Å²) >= 11 is 12.1. The summed E-state index contributed by atoms with van der Waals surface area (Å²) in [6.45, 7) is 0. The van der Waals surface area contributed by atoms with Crippen molar-refractivity contribution in [3.63, 3.8) is 0 Å². The molecule has 0 atom stereocenters. The number of hydrogen-bond donors (Lipinski definition) is 2. The van der Waals surface area contributed by atoms with E-state index < -0.39 is 11.7 Å². The zero-order chi connectivity index (χ0) is 16.6. The smallest absolute Gasteiger partial charge is 0.417 e. The molecule has 1 aromatic heterocycles. The molecule has 1 amide bonds. The van der Waals surface area contributed by atoms with Crippen LogP contribution >= 0.6 is 23.2 Å². The number of rotatable bonds is 3. The van der Waals surface area contributed by atoms with Crippen LogP contribution in [-0.4, -0.2) is 18.0 Å². The number of nitrogens with one attached hydrogen (secondary N) is 2. The number of H-pyrrole nitrogens is 1. The molecule has 2 N–H and O–H groups in total. The molecule has 0 fully saturated rings. The molecule has 2 aromatic carbocycles. The molecule has 0 saturated heterocycles. The lowest BCUT2D eigenvalue weighted by Crippen LogP contribution is -2.14. The molecule has 3 aromatic rings. The van der Waals surface area contributed by atoms with Crippen LogP contribution in [0, 0.1) is 0 Å². The van der Waals surface area contributed by atoms with Crippen molar-refractivity contribution < 1.29 is 13.9 Å². The Morgan fingerprint density at radius 2 is 1.96 bits per heavy atom. The van der Waals surface area contributed by atoms with Crippen molar-refractivity contribution in [2.24, 2.45) is 0 Å². The Kier molecular flexibility index (Phi) is 4.02. The fourth-order valence-electron chi connectivity index (χ4n) is 2.16. The Balaban J connectivity index is 1.97. The molecule has 0 saturated carbocycles. The molecule has 8 heteroatoms. The minimum Gasteiger partial charge on any atom is -0.494 e. The Hall–Kier alpha value is -2.44. The van der Waals surface area contributed by atoms with Gasteiger partial charge in [-0.1, -0.05) is 23.2 Å². The minimum atomic E-state index is -0.567. The maximum atomic E-state index is 12.5. The predicted molar refractivity (Wildman–Crippen MR) is 87.8 cm³/mol. The Morgan fingerprint density at radius 1 is 1.22 bits per heavy atom. The average Bonchev–Trinajstić information content (AvgIpc) is 2.88. The maximum absolute atomic E-state index is 12.5. The zero-order valence-electron chi connectivity index (χ0n) is 11.8. The van der Waals surface area contributed by atoms with Gasteiger partial charge in [-0.2, -0.15) is 0 Å². The standard InChI is InChI=1S/C15H10Cl2N2O4/c1-22-13-9(17)4-3-8(16)12(13)14(20)18-7-2-5-10-11(6-7)23-15(21)19-10/h2-6H,1H3,(H,18,20)(H,19,21). The van der Waals surface area contributed by atoms with E-state index in [1.165, 1.54) is 19.2 Å². The van der Waals surface area contributed by atoms with E-state index in [2.05, 4.69) is 10.3 Å². The molecule has 0 bridgehead atoms. The molecule has 0 radical (unpaired) electrons. The topological polar surface area (TPSA) is 84.3 Å². The Morgan fingerprint density at radius 3 is 2.70 bits per heavy atom. The zero-order valence-corrected chi connectivity index (χ0v) is 13.3. The second kappa shape index (κ2) is 5.98. The molecule has 3 rings (SSSR count). The minimum absolute atomic E-state index is 0.122. The molecular formula is C15H10Cl2N2O4. The van der Waals surface area contributed by atoms with Gasteiger partial charge in [-0.3, -0.25) is 9.78 Å². The lowest BCUT2D eigenvalue weighted by atomic mass is 10.1. The van der Waals surface area contributed by atoms with Crippen molar-refractivity contribution in [3.05, 3.63) is 56.5 Å². The summed E-state index contributed by atoms with van der Waals surface area (Å²) in [6.07, 6.45) is 0. The van der Waals surface area contributed by atoms with Crippen LogP contribution in [0.3, 0.4) is 0 Å². The quantitative estimate of drug-likeness (QED) is 0.752. The summed E-state index contributed by atoms with van der Waals surface area (Å²) < 4.78 is 10.1. The van der Waals surface area contributed by atoms with E-state index in [-0.39, 0.29) is 21.4 Å². The lowest BCUT2D eigenvalue weighted by molar-refractivity contribution is 0.102. The van der Waals surface area contributed by atoms with Crippen molar-refractivity contribution in [2.75, 3.05) is 12.4 Å². The van der Waals surface area contributed by atoms with Gasteiger partial charge in [-0.25, -0.2) is 4.79 Å². The van der Waals surface area contributed by atoms with Gasteiger partial charge < -0.3 is 14.5 Å². The highest BCUT2D eigenvalue weighted by molar-refractivity contribution is 6.37. The van der Waals surface area contributed by atoms with Gasteiger partial charge in [-0.05, 0) is 24.3 Å². The summed E-state index contributed by atoms with van der Waals surface area (Å²) in [6, 6.07) is 7.81. The van der Waals surface area contributed by atoms with Crippen molar-refractivity contribution >= 4 is 45.9 Å². The number of aromatic amines is 1. The number of ether oxygens (including phenoxy) is 1. The monoisotopic (exact) mass is 352 g/mol. The predicted octanol–water partition coefficient (Wildman–Crippen LogP) is 3.69. The molecule has 0 aliphatic heterocycles. The molecule has 0 unspecified atom stereocenters. The van der Waals surface area contributed by atoms with Crippen LogP contribution in [0.1, 0.15) is 10.4 Å². The van der Waals surface area contributed by atoms with Gasteiger partial charge in [-0.15, -0.1) is 0 Å². The fraction of sp³-hybridized carbons (Fsp3) is 0.0667. The highest BCUT2D eigenvalue weighted by atomic mass is 35.5. The number of aromatic nitrogens is 1. The number of amides is 1. The van der Waals surface area contributed by atoms with Gasteiger partial charge in [0.05, 0.1) is 22.7 Å². The van der Waals surface area contributed by atoms with Crippen LogP contribution in [0.4, 0.5) is 5.69 Å². The molecule has 118 valence electrons. The third-order valence-electron chi connectivity index (χ3n) is 3.17. The van der Waals surface area contributed by atoms with Gasteiger partial charge in [0.15, 0.2) is 11.3 Å². The summed E-state index contributed by atoms with van der Waals surface area (Å²) in [5, 5.41) is 3.14. The van der Waals surface area contributed by atoms with Crippen molar-refractivity contribution in [3.8, 4) is 5.75 Å². The number of carbonyl (C=O) groups excluding carboxylic acids is 1. The van der Waals surface area contributed by atoms with E-state index in [1.807, 2.05) is 0 Å². The lowest BCUT2D eigenvalue weighted by Gasteiger charge is -2.12. The summed E-state index contributed by atoms with van der Waals surface area (Å²) in [5.74, 6) is -0.875. The summed E-state index contributed by atoms with van der Waals surface area (Å²) in [7, 11) is 1.40. The highest BCUT2D eigenvalue weighted by Crippen LogP contribution is 2.34. The summed E-state index contributed by atoms with van der Waals surface area (Å²) in [4.78, 5) is 26.1. The third-order valence-corrected chi connectivity index (χ3v) is 3.78. The largest absolute Gasteiger partial charge is 0.494 e. The van der Waals surface area contributed by atoms with Crippen molar-refractivity contribution in [2.45, 2.75) is 0 Å². The van der Waals surface area contributed by atoms with E-state index in [9.17, 15) is 9.59 Å². The fourth-order valence-corrected chi connectivity index (χ4v) is 2.63. The number of carbonyl (C=O) groups is 1. The number of fused-ring (bicyclic) bond motifs is 1. The van der Waals surface area contributed by atoms with Crippen LogP contribution in [0.15, 0.2) is 39.5 Å². The average molecular weight is 353 g/mol. The van der Waals surface area contributed by atoms with Crippen LogP contribution in [0.2, 0.25) is 10.0 Å². The molecule has 23 heavy (non-hydrogen) atoms. The SMILES string of the molecule is COc1c(Cl)ccc(Cl)c1C(=O)Nc1ccc2[nH]c(=O)oc2c1. The number of methoxy groups -OCH3 is 1. The van der Waals surface area contributed by atoms with Crippen LogP contribution in [0.5, 0.6) is 5.75 Å². The van der Waals surface area contributed by atoms with Gasteiger partial charge >= 0.3 is 5.76 Å². The normalized spacial score (nSPS) is 10.7. The van der Waals surface area contributed by atoms with Crippen LogP contribution < -0.4 is 15.8 Å². The molecule has 0 aliphatic carbocycles. The molecule has 0 aliphatic rings. The van der Waals surface area contributed by atoms with Crippen molar-refractivity contribution in [1.82, 2.24) is 4.98 Å². The van der Waals surface area contributed by atoms with E-state index in [4.69, 9.17) is 32.4 Å². The van der Waals surface area contributed by atoms with E-state index in [0.717, 1.165) is 0 Å². The second-order valence-electron chi connectivity index (χ2n) is 4.62. The van der Waals surface area contributed by atoms with Crippen molar-refractivity contribution in [1.29, 1.82) is 0 Å². The number of benzene rings is 2.